The first-order valence-corrected chi connectivity index (χ1v) is 5.61. The molecule has 0 spiro atoms. The quantitative estimate of drug-likeness (QED) is 0.844. The van der Waals surface area contributed by atoms with Crippen LogP contribution in [0.25, 0.3) is 0 Å². The highest BCUT2D eigenvalue weighted by Gasteiger charge is 2.33. The number of nitrogens with zero attached hydrogens (tertiary/aromatic N) is 1. The predicted molar refractivity (Wildman–Crippen MR) is 64.9 cm³/mol. The molecule has 0 amide bonds. The van der Waals surface area contributed by atoms with Crippen LogP contribution in [0.5, 0.6) is 0 Å². The third-order valence-corrected chi connectivity index (χ3v) is 3.53. The smallest absolute Gasteiger partial charge is 0.0976 e. The molecule has 0 aromatic heterocycles. The summed E-state index contributed by atoms with van der Waals surface area (Å²) in [5.74, 6) is 0. The summed E-state index contributed by atoms with van der Waals surface area (Å²) in [5, 5.41) is 19.5. The topological polar surface area (TPSA) is 44.0 Å². The lowest BCUT2D eigenvalue weighted by Gasteiger charge is -2.28. The Kier molecular flexibility index (Phi) is 3.72. The van der Waals surface area contributed by atoms with Gasteiger partial charge in [-0.25, -0.2) is 0 Å². The summed E-state index contributed by atoms with van der Waals surface area (Å²) in [6, 6.07) is 8.06. The molecule has 0 saturated carbocycles. The molecule has 1 rings (SSSR count). The van der Waals surface area contributed by atoms with Gasteiger partial charge in [-0.3, -0.25) is 0 Å². The fourth-order valence-corrected chi connectivity index (χ4v) is 1.75. The number of aliphatic hydroxyl groups is 1. The highest BCUT2D eigenvalue weighted by molar-refractivity contribution is 5.36. The molecular formula is C14H19NO. The molecule has 0 aliphatic carbocycles. The Morgan fingerprint density at radius 3 is 2.56 bits per heavy atom. The van der Waals surface area contributed by atoms with Gasteiger partial charge in [0.1, 0.15) is 0 Å². The number of rotatable bonds is 3. The zero-order chi connectivity index (χ0) is 12.3. The Hall–Kier alpha value is -1.33. The van der Waals surface area contributed by atoms with Crippen molar-refractivity contribution in [3.8, 4) is 6.07 Å². The SMILES string of the molecule is CCC(C)(C#N)C(O)c1cccc(C)c1C. The van der Waals surface area contributed by atoms with Gasteiger partial charge >= 0.3 is 0 Å². The average Bonchev–Trinajstić information content (AvgIpc) is 2.31. The van der Waals surface area contributed by atoms with Crippen LogP contribution in [0.2, 0.25) is 0 Å². The lowest BCUT2D eigenvalue weighted by Crippen LogP contribution is -2.23. The first-order chi connectivity index (χ1) is 7.46. The van der Waals surface area contributed by atoms with Crippen LogP contribution in [-0.4, -0.2) is 5.11 Å². The standard InChI is InChI=1S/C14H19NO/c1-5-14(4,9-15)13(16)12-8-6-7-10(2)11(12)3/h6-8,13,16H,5H2,1-4H3. The summed E-state index contributed by atoms with van der Waals surface area (Å²) in [6.07, 6.45) is -0.0830. The van der Waals surface area contributed by atoms with Gasteiger partial charge in [-0.2, -0.15) is 5.26 Å². The fourth-order valence-electron chi connectivity index (χ4n) is 1.75. The molecule has 86 valence electrons. The molecule has 0 aliphatic rings. The van der Waals surface area contributed by atoms with E-state index in [1.807, 2.05) is 39.0 Å². The van der Waals surface area contributed by atoms with Gasteiger partial charge in [0.2, 0.25) is 0 Å². The van der Waals surface area contributed by atoms with Gasteiger partial charge < -0.3 is 5.11 Å². The minimum Gasteiger partial charge on any atom is -0.387 e. The van der Waals surface area contributed by atoms with Crippen molar-refractivity contribution in [2.75, 3.05) is 0 Å². The normalized spacial score (nSPS) is 16.2. The van der Waals surface area contributed by atoms with Crippen LogP contribution in [0.1, 0.15) is 43.1 Å². The first-order valence-electron chi connectivity index (χ1n) is 5.61. The van der Waals surface area contributed by atoms with E-state index in [-0.39, 0.29) is 0 Å². The summed E-state index contributed by atoms with van der Waals surface area (Å²) in [5.41, 5.74) is 2.38. The molecule has 0 aliphatic heterocycles. The number of benzene rings is 1. The minimum atomic E-state index is -0.720. The van der Waals surface area contributed by atoms with Crippen LogP contribution in [-0.2, 0) is 0 Å². The van der Waals surface area contributed by atoms with E-state index in [0.717, 1.165) is 16.7 Å². The molecule has 0 bridgehead atoms. The monoisotopic (exact) mass is 217 g/mol. The van der Waals surface area contributed by atoms with Crippen molar-refractivity contribution in [3.05, 3.63) is 34.9 Å². The van der Waals surface area contributed by atoms with E-state index in [4.69, 9.17) is 5.26 Å². The van der Waals surface area contributed by atoms with Crippen molar-refractivity contribution in [1.82, 2.24) is 0 Å². The number of hydrogen-bond acceptors (Lipinski definition) is 2. The Balaban J connectivity index is 3.20. The Bertz CT molecular complexity index is 419. The fraction of sp³-hybridized carbons (Fsp3) is 0.500. The van der Waals surface area contributed by atoms with E-state index in [2.05, 4.69) is 6.07 Å². The third kappa shape index (κ3) is 2.10. The summed E-state index contributed by atoms with van der Waals surface area (Å²) >= 11 is 0. The molecule has 0 saturated heterocycles. The summed E-state index contributed by atoms with van der Waals surface area (Å²) in [6.45, 7) is 7.74. The van der Waals surface area contributed by atoms with Gasteiger partial charge in [0, 0.05) is 0 Å². The molecule has 1 aromatic carbocycles. The number of nitriles is 1. The Morgan fingerprint density at radius 1 is 1.44 bits per heavy atom. The van der Waals surface area contributed by atoms with Crippen LogP contribution in [0.4, 0.5) is 0 Å². The maximum Gasteiger partial charge on any atom is 0.0976 e. The molecule has 0 fully saturated rings. The molecule has 2 heteroatoms. The Morgan fingerprint density at radius 2 is 2.06 bits per heavy atom. The molecular weight excluding hydrogens is 198 g/mol. The first kappa shape index (κ1) is 12.7. The van der Waals surface area contributed by atoms with Crippen LogP contribution in [0.3, 0.4) is 0 Å². The highest BCUT2D eigenvalue weighted by atomic mass is 16.3. The van der Waals surface area contributed by atoms with Crippen LogP contribution in [0, 0.1) is 30.6 Å². The molecule has 0 heterocycles. The van der Waals surface area contributed by atoms with Crippen molar-refractivity contribution < 1.29 is 5.11 Å². The van der Waals surface area contributed by atoms with Gasteiger partial charge in [0.15, 0.2) is 0 Å². The molecule has 2 nitrogen and oxygen atoms in total. The second-order valence-corrected chi connectivity index (χ2v) is 4.57. The molecule has 1 aromatic rings. The second-order valence-electron chi connectivity index (χ2n) is 4.57. The number of aryl methyl sites for hydroxylation is 1. The highest BCUT2D eigenvalue weighted by Crippen LogP contribution is 2.37. The lowest BCUT2D eigenvalue weighted by molar-refractivity contribution is 0.0716. The molecule has 1 N–H and O–H groups in total. The van der Waals surface area contributed by atoms with E-state index in [9.17, 15) is 5.11 Å². The van der Waals surface area contributed by atoms with E-state index in [0.29, 0.717) is 6.42 Å². The molecule has 16 heavy (non-hydrogen) atoms. The Labute approximate surface area is 97.5 Å². The number of aliphatic hydroxyl groups excluding tert-OH is 1. The van der Waals surface area contributed by atoms with Gasteiger partial charge in [0.25, 0.3) is 0 Å². The summed E-state index contributed by atoms with van der Waals surface area (Å²) < 4.78 is 0. The summed E-state index contributed by atoms with van der Waals surface area (Å²) in [4.78, 5) is 0. The largest absolute Gasteiger partial charge is 0.387 e. The van der Waals surface area contributed by atoms with Crippen molar-refractivity contribution in [2.45, 2.75) is 40.2 Å². The average molecular weight is 217 g/mol. The zero-order valence-electron chi connectivity index (χ0n) is 10.4. The van der Waals surface area contributed by atoms with Gasteiger partial charge in [-0.1, -0.05) is 25.1 Å². The minimum absolute atomic E-state index is 0.637. The second kappa shape index (κ2) is 4.67. The zero-order valence-corrected chi connectivity index (χ0v) is 10.4. The van der Waals surface area contributed by atoms with E-state index in [1.54, 1.807) is 6.92 Å². The van der Waals surface area contributed by atoms with Crippen LogP contribution in [0.15, 0.2) is 18.2 Å². The third-order valence-electron chi connectivity index (χ3n) is 3.53. The van der Waals surface area contributed by atoms with Gasteiger partial charge in [0.05, 0.1) is 17.6 Å². The van der Waals surface area contributed by atoms with Gasteiger partial charge in [-0.05, 0) is 43.9 Å². The maximum atomic E-state index is 10.3. The predicted octanol–water partition coefficient (Wildman–Crippen LogP) is 3.28. The number of hydrogen-bond donors (Lipinski definition) is 1. The molecule has 2 atom stereocenters. The lowest BCUT2D eigenvalue weighted by atomic mass is 9.78. The molecule has 2 unspecified atom stereocenters. The van der Waals surface area contributed by atoms with E-state index in [1.165, 1.54) is 0 Å². The molecule has 0 radical (unpaired) electrons. The summed E-state index contributed by atoms with van der Waals surface area (Å²) in [7, 11) is 0. The van der Waals surface area contributed by atoms with Crippen LogP contribution >= 0.6 is 0 Å². The van der Waals surface area contributed by atoms with Crippen molar-refractivity contribution in [1.29, 1.82) is 5.26 Å². The van der Waals surface area contributed by atoms with E-state index < -0.39 is 11.5 Å². The van der Waals surface area contributed by atoms with Crippen molar-refractivity contribution in [3.63, 3.8) is 0 Å². The maximum absolute atomic E-state index is 10.3. The van der Waals surface area contributed by atoms with Crippen LogP contribution < -0.4 is 0 Å². The van der Waals surface area contributed by atoms with Gasteiger partial charge in [-0.15, -0.1) is 0 Å². The van der Waals surface area contributed by atoms with Crippen molar-refractivity contribution >= 4 is 0 Å². The van der Waals surface area contributed by atoms with Crippen molar-refractivity contribution in [2.24, 2.45) is 5.41 Å². The van der Waals surface area contributed by atoms with E-state index >= 15 is 0 Å².